The number of amides is 3. The minimum Gasteiger partial charge on any atom is -0.403 e. The van der Waals surface area contributed by atoms with Gasteiger partial charge < -0.3 is 24.8 Å². The predicted octanol–water partition coefficient (Wildman–Crippen LogP) is 3.02. The molecule has 3 amide bonds. The lowest BCUT2D eigenvalue weighted by Gasteiger charge is -2.33. The first kappa shape index (κ1) is 18.9. The molecule has 1 aromatic carbocycles. The Labute approximate surface area is 171 Å². The van der Waals surface area contributed by atoms with Crippen molar-refractivity contribution in [3.63, 3.8) is 0 Å². The summed E-state index contributed by atoms with van der Waals surface area (Å²) in [6.45, 7) is 10.3. The first-order valence-electron chi connectivity index (χ1n) is 10.4. The van der Waals surface area contributed by atoms with Gasteiger partial charge in [0.05, 0.1) is 11.2 Å². The van der Waals surface area contributed by atoms with Crippen LogP contribution in [-0.4, -0.2) is 48.2 Å². The molecule has 0 aromatic heterocycles. The Morgan fingerprint density at radius 2 is 1.93 bits per heavy atom. The van der Waals surface area contributed by atoms with Gasteiger partial charge in [-0.3, -0.25) is 4.79 Å². The highest BCUT2D eigenvalue weighted by molar-refractivity contribution is 6.51. The fraction of sp³-hybridized carbons (Fsp3) is 0.619. The third-order valence-corrected chi connectivity index (χ3v) is 7.62. The number of piperidine rings is 1. The standard InChI is InChI=1S/C21H28BN3O4/c1-19(2)20(3,4)29-22(28-19)21-7-8-25(12-15(21)10-21)17(26)13-5-6-14-11-23-18(27)24-16(14)9-13/h5-6,9,15H,7-8,10-12H2,1-4H3,(H2,23,24,27). The second-order valence-electron chi connectivity index (χ2n) is 9.90. The molecule has 154 valence electrons. The minimum absolute atomic E-state index is 0.0231. The van der Waals surface area contributed by atoms with Gasteiger partial charge in [-0.2, -0.15) is 0 Å². The molecule has 5 rings (SSSR count). The van der Waals surface area contributed by atoms with Crippen LogP contribution in [0.2, 0.25) is 5.31 Å². The van der Waals surface area contributed by atoms with Crippen molar-refractivity contribution in [3.05, 3.63) is 29.3 Å². The number of benzene rings is 1. The number of rotatable bonds is 2. The molecular weight excluding hydrogens is 369 g/mol. The van der Waals surface area contributed by atoms with E-state index in [1.807, 2.05) is 17.0 Å². The van der Waals surface area contributed by atoms with Crippen molar-refractivity contribution >= 4 is 24.7 Å². The molecule has 3 aliphatic heterocycles. The number of nitrogens with zero attached hydrogens (tertiary/aromatic N) is 1. The Balaban J connectivity index is 1.28. The zero-order chi connectivity index (χ0) is 20.6. The second-order valence-corrected chi connectivity index (χ2v) is 9.90. The number of nitrogens with one attached hydrogen (secondary N) is 2. The molecule has 29 heavy (non-hydrogen) atoms. The topological polar surface area (TPSA) is 79.9 Å². The van der Waals surface area contributed by atoms with Gasteiger partial charge in [-0.25, -0.2) is 4.79 Å². The van der Waals surface area contributed by atoms with Crippen LogP contribution in [0.5, 0.6) is 0 Å². The van der Waals surface area contributed by atoms with Crippen molar-refractivity contribution in [1.82, 2.24) is 10.2 Å². The highest BCUT2D eigenvalue weighted by atomic mass is 16.7. The fourth-order valence-corrected chi connectivity index (χ4v) is 4.83. The van der Waals surface area contributed by atoms with Crippen molar-refractivity contribution in [3.8, 4) is 0 Å². The first-order valence-corrected chi connectivity index (χ1v) is 10.4. The van der Waals surface area contributed by atoms with Gasteiger partial charge in [0.15, 0.2) is 0 Å². The molecule has 2 saturated heterocycles. The molecule has 3 fully saturated rings. The molecule has 2 unspecified atom stereocenters. The lowest BCUT2D eigenvalue weighted by molar-refractivity contribution is 0.00578. The summed E-state index contributed by atoms with van der Waals surface area (Å²) in [7, 11) is -0.193. The van der Waals surface area contributed by atoms with Gasteiger partial charge in [0.25, 0.3) is 5.91 Å². The first-order chi connectivity index (χ1) is 13.6. The maximum absolute atomic E-state index is 13.1. The number of hydrogen-bond donors (Lipinski definition) is 2. The average Bonchev–Trinajstić information content (AvgIpc) is 3.35. The Hall–Kier alpha value is -2.06. The van der Waals surface area contributed by atoms with Crippen LogP contribution in [0.3, 0.4) is 0 Å². The predicted molar refractivity (Wildman–Crippen MR) is 110 cm³/mol. The van der Waals surface area contributed by atoms with Crippen molar-refractivity contribution in [2.75, 3.05) is 18.4 Å². The Bertz CT molecular complexity index is 886. The van der Waals surface area contributed by atoms with Gasteiger partial charge in [0, 0.05) is 36.2 Å². The largest absolute Gasteiger partial charge is 0.464 e. The zero-order valence-electron chi connectivity index (χ0n) is 17.5. The maximum atomic E-state index is 13.1. The lowest BCUT2D eigenvalue weighted by Crippen LogP contribution is -2.42. The van der Waals surface area contributed by atoms with Gasteiger partial charge in [-0.15, -0.1) is 0 Å². The number of likely N-dealkylation sites (tertiary alicyclic amines) is 1. The molecule has 0 spiro atoms. The molecule has 2 N–H and O–H groups in total. The van der Waals surface area contributed by atoms with Crippen LogP contribution < -0.4 is 10.6 Å². The molecule has 0 bridgehead atoms. The molecule has 7 nitrogen and oxygen atoms in total. The summed E-state index contributed by atoms with van der Waals surface area (Å²) < 4.78 is 12.7. The quantitative estimate of drug-likeness (QED) is 0.752. The van der Waals surface area contributed by atoms with E-state index in [1.54, 1.807) is 6.07 Å². The van der Waals surface area contributed by atoms with Gasteiger partial charge >= 0.3 is 13.1 Å². The van der Waals surface area contributed by atoms with E-state index in [2.05, 4.69) is 38.3 Å². The minimum atomic E-state index is -0.324. The Morgan fingerprint density at radius 3 is 2.62 bits per heavy atom. The highest BCUT2D eigenvalue weighted by Gasteiger charge is 2.70. The normalized spacial score (nSPS) is 31.4. The van der Waals surface area contributed by atoms with Crippen LogP contribution in [0.4, 0.5) is 10.5 Å². The van der Waals surface area contributed by atoms with E-state index in [9.17, 15) is 9.59 Å². The maximum Gasteiger partial charge on any atom is 0.464 e. The Kier molecular flexibility index (Phi) is 3.91. The summed E-state index contributed by atoms with van der Waals surface area (Å²) in [6, 6.07) is 5.32. The Morgan fingerprint density at radius 1 is 1.21 bits per heavy atom. The van der Waals surface area contributed by atoms with Gasteiger partial charge in [-0.05, 0) is 64.2 Å². The van der Waals surface area contributed by atoms with Crippen molar-refractivity contribution in [2.24, 2.45) is 5.92 Å². The van der Waals surface area contributed by atoms with Crippen LogP contribution in [-0.2, 0) is 15.9 Å². The van der Waals surface area contributed by atoms with Crippen molar-refractivity contribution < 1.29 is 18.9 Å². The van der Waals surface area contributed by atoms with E-state index in [0.29, 0.717) is 24.6 Å². The van der Waals surface area contributed by atoms with Gasteiger partial charge in [-0.1, -0.05) is 6.07 Å². The van der Waals surface area contributed by atoms with E-state index in [-0.39, 0.29) is 35.6 Å². The van der Waals surface area contributed by atoms with Gasteiger partial charge in [0.1, 0.15) is 0 Å². The number of carbonyl (C=O) groups excluding carboxylic acids is 2. The van der Waals surface area contributed by atoms with Crippen molar-refractivity contribution in [1.29, 1.82) is 0 Å². The fourth-order valence-electron chi connectivity index (χ4n) is 4.83. The summed E-state index contributed by atoms with van der Waals surface area (Å²) in [5.41, 5.74) is 1.68. The molecule has 1 aliphatic carbocycles. The molecule has 3 heterocycles. The number of fused-ring (bicyclic) bond motifs is 2. The molecule has 1 saturated carbocycles. The van der Waals surface area contributed by atoms with Crippen LogP contribution in [0.15, 0.2) is 18.2 Å². The third-order valence-electron chi connectivity index (χ3n) is 7.62. The van der Waals surface area contributed by atoms with Gasteiger partial charge in [0.2, 0.25) is 0 Å². The highest BCUT2D eigenvalue weighted by Crippen LogP contribution is 2.69. The monoisotopic (exact) mass is 397 g/mol. The molecular formula is C21H28BN3O4. The molecule has 8 heteroatoms. The van der Waals surface area contributed by atoms with Crippen molar-refractivity contribution in [2.45, 2.75) is 63.6 Å². The molecule has 4 aliphatic rings. The van der Waals surface area contributed by atoms with Crippen LogP contribution in [0.25, 0.3) is 0 Å². The van der Waals surface area contributed by atoms with E-state index in [0.717, 1.165) is 30.6 Å². The molecule has 1 aromatic rings. The summed E-state index contributed by atoms with van der Waals surface area (Å²) in [4.78, 5) is 26.6. The summed E-state index contributed by atoms with van der Waals surface area (Å²) in [5, 5.41) is 5.55. The molecule has 2 atom stereocenters. The number of urea groups is 1. The number of anilines is 1. The lowest BCUT2D eigenvalue weighted by atomic mass is 9.63. The smallest absolute Gasteiger partial charge is 0.403 e. The SMILES string of the molecule is CC1(C)OB(C23CCN(C(=O)c4ccc5c(c4)NC(=O)NC5)CC2C3)OC1(C)C. The van der Waals surface area contributed by atoms with E-state index in [4.69, 9.17) is 9.31 Å². The van der Waals surface area contributed by atoms with E-state index >= 15 is 0 Å². The molecule has 0 radical (unpaired) electrons. The van der Waals surface area contributed by atoms with Crippen LogP contribution in [0, 0.1) is 5.92 Å². The zero-order valence-corrected chi connectivity index (χ0v) is 17.5. The number of carbonyl (C=O) groups is 2. The second kappa shape index (κ2) is 5.98. The summed E-state index contributed by atoms with van der Waals surface area (Å²) in [5.74, 6) is 0.437. The summed E-state index contributed by atoms with van der Waals surface area (Å²) >= 11 is 0. The number of hydrogen-bond acceptors (Lipinski definition) is 4. The van der Waals surface area contributed by atoms with E-state index in [1.165, 1.54) is 0 Å². The summed E-state index contributed by atoms with van der Waals surface area (Å²) in [6.07, 6.45) is 1.94. The average molecular weight is 397 g/mol. The third kappa shape index (κ3) is 2.87. The van der Waals surface area contributed by atoms with Crippen LogP contribution in [0.1, 0.15) is 56.5 Å². The van der Waals surface area contributed by atoms with Crippen LogP contribution >= 0.6 is 0 Å². The van der Waals surface area contributed by atoms with E-state index < -0.39 is 0 Å².